The lowest BCUT2D eigenvalue weighted by atomic mass is 10.2. The fourth-order valence-corrected chi connectivity index (χ4v) is 2.40. The first kappa shape index (κ1) is 12.0. The van der Waals surface area contributed by atoms with Crippen molar-refractivity contribution < 1.29 is 0 Å². The van der Waals surface area contributed by atoms with Crippen molar-refractivity contribution in [3.05, 3.63) is 30.9 Å². The molecular weight excluding hydrogens is 240 g/mol. The van der Waals surface area contributed by atoms with Crippen LogP contribution in [0.5, 0.6) is 0 Å². The largest absolute Gasteiger partial charge is 0.337 e. The monoisotopic (exact) mass is 256 g/mol. The zero-order valence-corrected chi connectivity index (χ0v) is 10.6. The number of nitrogens with zero attached hydrogens (tertiary/aromatic N) is 5. The Kier molecular flexibility index (Phi) is 3.33. The molecule has 2 aromatic heterocycles. The Labute approximate surface area is 111 Å². The van der Waals surface area contributed by atoms with Crippen LogP contribution in [-0.4, -0.2) is 39.1 Å². The molecule has 2 N–H and O–H groups in total. The normalized spacial score (nSPS) is 18.8. The SMILES string of the molecule is NCC1CCCN1c1nccc(-c2cnccn2)n1. The van der Waals surface area contributed by atoms with Crippen LogP contribution in [0.3, 0.4) is 0 Å². The highest BCUT2D eigenvalue weighted by atomic mass is 15.3. The van der Waals surface area contributed by atoms with E-state index in [1.165, 1.54) is 0 Å². The van der Waals surface area contributed by atoms with E-state index < -0.39 is 0 Å². The van der Waals surface area contributed by atoms with E-state index in [0.717, 1.165) is 36.7 Å². The Bertz CT molecular complexity index is 544. The molecule has 1 aliphatic heterocycles. The molecule has 0 amide bonds. The van der Waals surface area contributed by atoms with Crippen molar-refractivity contribution in [3.8, 4) is 11.4 Å². The average Bonchev–Trinajstić information content (AvgIpc) is 2.97. The molecule has 0 aliphatic carbocycles. The molecule has 1 atom stereocenters. The first-order valence-electron chi connectivity index (χ1n) is 6.44. The molecule has 0 saturated carbocycles. The smallest absolute Gasteiger partial charge is 0.226 e. The number of nitrogens with two attached hydrogens (primary N) is 1. The summed E-state index contributed by atoms with van der Waals surface area (Å²) in [5, 5.41) is 0. The molecule has 1 fully saturated rings. The maximum Gasteiger partial charge on any atom is 0.226 e. The molecule has 1 aliphatic rings. The van der Waals surface area contributed by atoms with E-state index in [0.29, 0.717) is 12.6 Å². The van der Waals surface area contributed by atoms with Crippen LogP contribution >= 0.6 is 0 Å². The zero-order chi connectivity index (χ0) is 13.1. The highest BCUT2D eigenvalue weighted by Gasteiger charge is 2.25. The van der Waals surface area contributed by atoms with E-state index >= 15 is 0 Å². The van der Waals surface area contributed by atoms with Crippen LogP contribution in [0.15, 0.2) is 30.9 Å². The number of anilines is 1. The summed E-state index contributed by atoms with van der Waals surface area (Å²) in [5.74, 6) is 0.733. The van der Waals surface area contributed by atoms with E-state index in [1.807, 2.05) is 6.07 Å². The summed E-state index contributed by atoms with van der Waals surface area (Å²) in [5.41, 5.74) is 7.34. The van der Waals surface area contributed by atoms with E-state index in [2.05, 4.69) is 24.8 Å². The van der Waals surface area contributed by atoms with Crippen molar-refractivity contribution in [2.45, 2.75) is 18.9 Å². The summed E-state index contributed by atoms with van der Waals surface area (Å²) >= 11 is 0. The minimum absolute atomic E-state index is 0.345. The van der Waals surface area contributed by atoms with Gasteiger partial charge in [-0.3, -0.25) is 9.97 Å². The third-order valence-electron chi connectivity index (χ3n) is 3.37. The number of rotatable bonds is 3. The molecule has 0 bridgehead atoms. The predicted octanol–water partition coefficient (Wildman–Crippen LogP) is 0.861. The van der Waals surface area contributed by atoms with Gasteiger partial charge in [0.1, 0.15) is 5.69 Å². The minimum Gasteiger partial charge on any atom is -0.337 e. The summed E-state index contributed by atoms with van der Waals surface area (Å²) < 4.78 is 0. The van der Waals surface area contributed by atoms with Gasteiger partial charge >= 0.3 is 0 Å². The van der Waals surface area contributed by atoms with Crippen molar-refractivity contribution in [3.63, 3.8) is 0 Å². The Morgan fingerprint density at radius 2 is 2.16 bits per heavy atom. The van der Waals surface area contributed by atoms with Crippen LogP contribution in [-0.2, 0) is 0 Å². The molecule has 6 nitrogen and oxygen atoms in total. The maximum absolute atomic E-state index is 5.79. The summed E-state index contributed by atoms with van der Waals surface area (Å²) in [6, 6.07) is 2.19. The van der Waals surface area contributed by atoms with Crippen molar-refractivity contribution in [2.24, 2.45) is 5.73 Å². The van der Waals surface area contributed by atoms with Gasteiger partial charge < -0.3 is 10.6 Å². The molecule has 98 valence electrons. The quantitative estimate of drug-likeness (QED) is 0.877. The first-order chi connectivity index (χ1) is 9.38. The highest BCUT2D eigenvalue weighted by Crippen LogP contribution is 2.23. The van der Waals surface area contributed by atoms with E-state index in [-0.39, 0.29) is 0 Å². The van der Waals surface area contributed by atoms with Crippen LogP contribution in [0.2, 0.25) is 0 Å². The molecule has 0 spiro atoms. The lowest BCUT2D eigenvalue weighted by Crippen LogP contribution is -2.36. The van der Waals surface area contributed by atoms with Gasteiger partial charge in [0.25, 0.3) is 0 Å². The summed E-state index contributed by atoms with van der Waals surface area (Å²) in [7, 11) is 0. The lowest BCUT2D eigenvalue weighted by molar-refractivity contribution is 0.664. The Balaban J connectivity index is 1.92. The van der Waals surface area contributed by atoms with Crippen LogP contribution in [0.25, 0.3) is 11.4 Å². The molecule has 3 rings (SSSR count). The van der Waals surface area contributed by atoms with Gasteiger partial charge in [-0.2, -0.15) is 0 Å². The third kappa shape index (κ3) is 2.39. The molecule has 2 aromatic rings. The maximum atomic E-state index is 5.79. The lowest BCUT2D eigenvalue weighted by Gasteiger charge is -2.23. The van der Waals surface area contributed by atoms with Gasteiger partial charge in [-0.15, -0.1) is 0 Å². The van der Waals surface area contributed by atoms with Crippen molar-refractivity contribution >= 4 is 5.95 Å². The van der Waals surface area contributed by atoms with Crippen molar-refractivity contribution in [1.82, 2.24) is 19.9 Å². The van der Waals surface area contributed by atoms with Gasteiger partial charge in [-0.25, -0.2) is 9.97 Å². The van der Waals surface area contributed by atoms with Gasteiger partial charge in [0.05, 0.1) is 11.9 Å². The second-order valence-electron chi connectivity index (χ2n) is 4.56. The molecule has 3 heterocycles. The zero-order valence-electron chi connectivity index (χ0n) is 10.6. The topological polar surface area (TPSA) is 80.8 Å². The Hall–Kier alpha value is -2.08. The molecule has 1 unspecified atom stereocenters. The molecular formula is C13H16N6. The Morgan fingerprint density at radius 3 is 2.95 bits per heavy atom. The van der Waals surface area contributed by atoms with Crippen LogP contribution in [0.1, 0.15) is 12.8 Å². The van der Waals surface area contributed by atoms with Crippen molar-refractivity contribution in [1.29, 1.82) is 0 Å². The number of aromatic nitrogens is 4. The molecule has 6 heteroatoms. The van der Waals surface area contributed by atoms with E-state index in [9.17, 15) is 0 Å². The summed E-state index contributed by atoms with van der Waals surface area (Å²) in [6.07, 6.45) is 9.02. The fraction of sp³-hybridized carbons (Fsp3) is 0.385. The van der Waals surface area contributed by atoms with Crippen molar-refractivity contribution in [2.75, 3.05) is 18.0 Å². The fourth-order valence-electron chi connectivity index (χ4n) is 2.40. The van der Waals surface area contributed by atoms with Crippen LogP contribution in [0.4, 0.5) is 5.95 Å². The molecule has 0 aromatic carbocycles. The predicted molar refractivity (Wildman–Crippen MR) is 72.5 cm³/mol. The van der Waals surface area contributed by atoms with E-state index in [1.54, 1.807) is 24.8 Å². The van der Waals surface area contributed by atoms with Gasteiger partial charge in [0, 0.05) is 37.7 Å². The minimum atomic E-state index is 0.345. The molecule has 1 saturated heterocycles. The molecule has 0 radical (unpaired) electrons. The van der Waals surface area contributed by atoms with Gasteiger partial charge in [0.15, 0.2) is 0 Å². The molecule has 19 heavy (non-hydrogen) atoms. The number of hydrogen-bond donors (Lipinski definition) is 1. The number of hydrogen-bond acceptors (Lipinski definition) is 6. The summed E-state index contributed by atoms with van der Waals surface area (Å²) in [6.45, 7) is 1.60. The second-order valence-corrected chi connectivity index (χ2v) is 4.56. The van der Waals surface area contributed by atoms with Crippen LogP contribution < -0.4 is 10.6 Å². The Morgan fingerprint density at radius 1 is 1.21 bits per heavy atom. The highest BCUT2D eigenvalue weighted by molar-refractivity contribution is 5.54. The first-order valence-corrected chi connectivity index (χ1v) is 6.44. The van der Waals surface area contributed by atoms with Crippen LogP contribution in [0, 0.1) is 0 Å². The average molecular weight is 256 g/mol. The standard InChI is InChI=1S/C13H16N6/c14-8-10-2-1-7-19(10)13-17-4-3-11(18-13)12-9-15-5-6-16-12/h3-6,9-10H,1-2,7-8,14H2. The van der Waals surface area contributed by atoms with E-state index in [4.69, 9.17) is 5.73 Å². The summed E-state index contributed by atoms with van der Waals surface area (Å²) in [4.78, 5) is 19.4. The van der Waals surface area contributed by atoms with Gasteiger partial charge in [-0.1, -0.05) is 0 Å². The second kappa shape index (κ2) is 5.27. The van der Waals surface area contributed by atoms with Gasteiger partial charge in [0.2, 0.25) is 5.95 Å². The third-order valence-corrected chi connectivity index (χ3v) is 3.37. The van der Waals surface area contributed by atoms with Gasteiger partial charge in [-0.05, 0) is 18.9 Å².